The summed E-state index contributed by atoms with van der Waals surface area (Å²) in [6, 6.07) is 3.20. The number of carbonyl (C=O) groups is 2. The predicted molar refractivity (Wildman–Crippen MR) is 53.0 cm³/mol. The van der Waals surface area contributed by atoms with Crippen LogP contribution in [0.4, 0.5) is 0 Å². The minimum absolute atomic E-state index is 0.0750. The average Bonchev–Trinajstić information content (AvgIpc) is 2.19. The number of hydrogen-bond acceptors (Lipinski definition) is 3. The smallest absolute Gasteiger partial charge is 0.170 e. The molecule has 0 saturated carbocycles. The molecule has 0 aliphatic heterocycles. The first kappa shape index (κ1) is 10.3. The molecule has 3 heteroatoms. The molecule has 0 amide bonds. The summed E-state index contributed by atoms with van der Waals surface area (Å²) in [6.07, 6.45) is 6.02. The lowest BCUT2D eigenvalue weighted by atomic mass is 10.1. The molecule has 1 aromatic rings. The Balaban J connectivity index is 2.64. The fraction of sp³-hybridized carbons (Fsp3) is 0.182. The molecule has 0 aromatic carbocycles. The zero-order valence-corrected chi connectivity index (χ0v) is 7.93. The van der Waals surface area contributed by atoms with Crippen LogP contribution in [0.25, 0.3) is 0 Å². The van der Waals surface area contributed by atoms with Gasteiger partial charge in [-0.15, -0.1) is 0 Å². The highest BCUT2D eigenvalue weighted by atomic mass is 16.1. The van der Waals surface area contributed by atoms with Crippen LogP contribution >= 0.6 is 0 Å². The van der Waals surface area contributed by atoms with E-state index in [1.165, 1.54) is 18.5 Å². The van der Waals surface area contributed by atoms with E-state index in [0.29, 0.717) is 5.56 Å². The van der Waals surface area contributed by atoms with Crippen LogP contribution < -0.4 is 0 Å². The largest absolute Gasteiger partial charge is 0.294 e. The minimum Gasteiger partial charge on any atom is -0.294 e. The molecular weight excluding hydrogens is 178 g/mol. The quantitative estimate of drug-likeness (QED) is 0.412. The van der Waals surface area contributed by atoms with E-state index in [0.717, 1.165) is 0 Å². The van der Waals surface area contributed by atoms with Crippen LogP contribution in [0.1, 0.15) is 23.7 Å². The van der Waals surface area contributed by atoms with Crippen molar-refractivity contribution in [2.24, 2.45) is 0 Å². The number of hydrogen-bond donors (Lipinski definition) is 0. The topological polar surface area (TPSA) is 47.0 Å². The normalized spacial score (nSPS) is 10.4. The Labute approximate surface area is 82.5 Å². The molecule has 72 valence electrons. The Bertz CT molecular complexity index is 355. The fourth-order valence-electron chi connectivity index (χ4n) is 1.04. The Kier molecular flexibility index (Phi) is 3.73. The first-order chi connectivity index (χ1) is 6.74. The zero-order valence-electron chi connectivity index (χ0n) is 7.93. The first-order valence-electron chi connectivity index (χ1n) is 4.33. The van der Waals surface area contributed by atoms with E-state index in [9.17, 15) is 9.59 Å². The van der Waals surface area contributed by atoms with Gasteiger partial charge in [0.1, 0.15) is 0 Å². The van der Waals surface area contributed by atoms with Crippen molar-refractivity contribution in [3.05, 3.63) is 42.2 Å². The highest BCUT2D eigenvalue weighted by molar-refractivity contribution is 6.11. The molecule has 0 saturated heterocycles. The summed E-state index contributed by atoms with van der Waals surface area (Å²) in [5.74, 6) is -0.343. The average molecular weight is 189 g/mol. The van der Waals surface area contributed by atoms with Crippen molar-refractivity contribution in [2.75, 3.05) is 0 Å². The molecule has 0 unspecified atom stereocenters. The van der Waals surface area contributed by atoms with Gasteiger partial charge in [-0.25, -0.2) is 0 Å². The lowest BCUT2D eigenvalue weighted by molar-refractivity contribution is -0.113. The summed E-state index contributed by atoms with van der Waals surface area (Å²) in [5.41, 5.74) is 0.526. The van der Waals surface area contributed by atoms with Gasteiger partial charge in [-0.2, -0.15) is 0 Å². The van der Waals surface area contributed by atoms with Crippen molar-refractivity contribution >= 4 is 11.6 Å². The van der Waals surface area contributed by atoms with Crippen LogP contribution in [-0.2, 0) is 4.79 Å². The second-order valence-electron chi connectivity index (χ2n) is 2.80. The second-order valence-corrected chi connectivity index (χ2v) is 2.80. The molecule has 0 N–H and O–H groups in total. The van der Waals surface area contributed by atoms with E-state index in [2.05, 4.69) is 4.98 Å². The van der Waals surface area contributed by atoms with Crippen LogP contribution in [0.5, 0.6) is 0 Å². The molecule has 0 spiro atoms. The van der Waals surface area contributed by atoms with E-state index in [1.807, 2.05) is 0 Å². The summed E-state index contributed by atoms with van der Waals surface area (Å²) in [4.78, 5) is 26.3. The van der Waals surface area contributed by atoms with Gasteiger partial charge in [0.25, 0.3) is 0 Å². The van der Waals surface area contributed by atoms with E-state index >= 15 is 0 Å². The van der Waals surface area contributed by atoms with Gasteiger partial charge < -0.3 is 0 Å². The van der Waals surface area contributed by atoms with Gasteiger partial charge in [0.15, 0.2) is 11.6 Å². The molecule has 1 heterocycles. The fourth-order valence-corrected chi connectivity index (χ4v) is 1.04. The Morgan fingerprint density at radius 2 is 2.00 bits per heavy atom. The third-order valence-electron chi connectivity index (χ3n) is 1.69. The molecule has 0 aliphatic carbocycles. The maximum Gasteiger partial charge on any atom is 0.170 e. The van der Waals surface area contributed by atoms with Crippen LogP contribution in [0, 0.1) is 0 Å². The Morgan fingerprint density at radius 3 is 2.57 bits per heavy atom. The van der Waals surface area contributed by atoms with E-state index < -0.39 is 0 Å². The van der Waals surface area contributed by atoms with Gasteiger partial charge in [-0.3, -0.25) is 14.6 Å². The molecule has 0 radical (unpaired) electrons. The maximum atomic E-state index is 11.4. The number of aromatic nitrogens is 1. The predicted octanol–water partition coefficient (Wildman–Crippen LogP) is 1.80. The summed E-state index contributed by atoms with van der Waals surface area (Å²) in [5, 5.41) is 0. The van der Waals surface area contributed by atoms with E-state index in [-0.39, 0.29) is 18.0 Å². The summed E-state index contributed by atoms with van der Waals surface area (Å²) in [6.45, 7) is 1.74. The highest BCUT2D eigenvalue weighted by Crippen LogP contribution is 2.02. The van der Waals surface area contributed by atoms with E-state index in [4.69, 9.17) is 0 Å². The van der Waals surface area contributed by atoms with Crippen molar-refractivity contribution in [3.8, 4) is 0 Å². The number of Topliss-reactive ketones (excluding diaryl/α,β-unsaturated/α-hetero) is 1. The minimum atomic E-state index is -0.172. The first-order valence-corrected chi connectivity index (χ1v) is 4.33. The van der Waals surface area contributed by atoms with Crippen LogP contribution in [0.2, 0.25) is 0 Å². The van der Waals surface area contributed by atoms with Gasteiger partial charge in [0.2, 0.25) is 0 Å². The highest BCUT2D eigenvalue weighted by Gasteiger charge is 2.08. The maximum absolute atomic E-state index is 11.4. The van der Waals surface area contributed by atoms with Crippen LogP contribution in [0.3, 0.4) is 0 Å². The van der Waals surface area contributed by atoms with Gasteiger partial charge >= 0.3 is 0 Å². The van der Waals surface area contributed by atoms with Gasteiger partial charge in [-0.05, 0) is 25.1 Å². The Hall–Kier alpha value is -1.77. The molecule has 1 aromatic heterocycles. The summed E-state index contributed by atoms with van der Waals surface area (Å²) >= 11 is 0. The van der Waals surface area contributed by atoms with E-state index in [1.54, 1.807) is 25.1 Å². The SMILES string of the molecule is CC=CC(=O)CC(=O)c1ccncc1. The number of nitrogens with zero attached hydrogens (tertiary/aromatic N) is 1. The molecular formula is C11H11NO2. The number of carbonyl (C=O) groups excluding carboxylic acids is 2. The lowest BCUT2D eigenvalue weighted by Crippen LogP contribution is -2.05. The van der Waals surface area contributed by atoms with Crippen molar-refractivity contribution in [2.45, 2.75) is 13.3 Å². The standard InChI is InChI=1S/C11H11NO2/c1-2-3-10(13)8-11(14)9-4-6-12-7-5-9/h2-7H,8H2,1H3. The van der Waals surface area contributed by atoms with Crippen molar-refractivity contribution < 1.29 is 9.59 Å². The third-order valence-corrected chi connectivity index (χ3v) is 1.69. The lowest BCUT2D eigenvalue weighted by Gasteiger charge is -1.96. The summed E-state index contributed by atoms with van der Waals surface area (Å²) < 4.78 is 0. The van der Waals surface area contributed by atoms with Crippen LogP contribution in [0.15, 0.2) is 36.7 Å². The second kappa shape index (κ2) is 5.07. The monoisotopic (exact) mass is 189 g/mol. The molecule has 3 nitrogen and oxygen atoms in total. The van der Waals surface area contributed by atoms with Crippen molar-refractivity contribution in [1.29, 1.82) is 0 Å². The van der Waals surface area contributed by atoms with Crippen molar-refractivity contribution in [3.63, 3.8) is 0 Å². The molecule has 14 heavy (non-hydrogen) atoms. The van der Waals surface area contributed by atoms with Gasteiger partial charge in [0, 0.05) is 18.0 Å². The van der Waals surface area contributed by atoms with Gasteiger partial charge in [0.05, 0.1) is 6.42 Å². The molecule has 0 bridgehead atoms. The van der Waals surface area contributed by atoms with Gasteiger partial charge in [-0.1, -0.05) is 6.08 Å². The molecule has 0 fully saturated rings. The number of rotatable bonds is 4. The van der Waals surface area contributed by atoms with Crippen LogP contribution in [-0.4, -0.2) is 16.6 Å². The third kappa shape index (κ3) is 2.94. The number of allylic oxidation sites excluding steroid dienone is 2. The molecule has 0 atom stereocenters. The van der Waals surface area contributed by atoms with Crippen molar-refractivity contribution in [1.82, 2.24) is 4.98 Å². The number of pyridine rings is 1. The Morgan fingerprint density at radius 1 is 1.36 bits per heavy atom. The zero-order chi connectivity index (χ0) is 10.4. The number of ketones is 2. The molecule has 1 rings (SSSR count). The molecule has 0 aliphatic rings. The summed E-state index contributed by atoms with van der Waals surface area (Å²) in [7, 11) is 0.